The lowest BCUT2D eigenvalue weighted by atomic mass is 30.1. The van der Waals surface area contributed by atoms with Gasteiger partial charge in [0.05, 0.1) is 0 Å². The summed E-state index contributed by atoms with van der Waals surface area (Å²) in [7, 11) is 14.7. The molecule has 0 nitrogen and oxygen atoms in total. The van der Waals surface area contributed by atoms with Crippen LogP contribution in [0.4, 0.5) is 0 Å². The van der Waals surface area contributed by atoms with Crippen molar-refractivity contribution in [3.63, 3.8) is 0 Å². The molecule has 0 aromatic rings. The maximum Gasteiger partial charge on any atom is 0 e. The van der Waals surface area contributed by atoms with Gasteiger partial charge in [-0.3, -0.25) is 0 Å². The van der Waals surface area contributed by atoms with E-state index in [1.54, 1.807) is 0 Å². The van der Waals surface area contributed by atoms with Gasteiger partial charge in [0.25, 0.3) is 0 Å². The Labute approximate surface area is 77.6 Å². The zero-order chi connectivity index (χ0) is 5.66. The summed E-state index contributed by atoms with van der Waals surface area (Å²) in [4.78, 5) is 0. The molecule has 1 fully saturated rings. The highest BCUT2D eigenvalue weighted by molar-refractivity contribution is 9.60. The van der Waals surface area contributed by atoms with Crippen LogP contribution in [0.15, 0.2) is 0 Å². The van der Waals surface area contributed by atoms with Crippen molar-refractivity contribution in [2.45, 2.75) is 0 Å². The van der Waals surface area contributed by atoms with E-state index in [9.17, 15) is 0 Å². The van der Waals surface area contributed by atoms with Gasteiger partial charge in [-0.2, -0.15) is 0 Å². The van der Waals surface area contributed by atoms with Gasteiger partial charge in [-0.15, -0.1) is 0 Å². The molecule has 1 heterocycles. The molecule has 8 heteroatoms. The van der Waals surface area contributed by atoms with Crippen molar-refractivity contribution < 1.29 is 0 Å². The third-order valence-electron chi connectivity index (χ3n) is 0.222. The molecule has 1 aliphatic heterocycles. The predicted octanol–water partition coefficient (Wildman–Crippen LogP) is 5.19. The van der Waals surface area contributed by atoms with Crippen LogP contribution in [0, 0.1) is 0 Å². The summed E-state index contributed by atoms with van der Waals surface area (Å²) in [6.45, 7) is 0. The SMILES string of the molecule is S1SSSSSSS1. The molecule has 1 rings (SSSR count). The van der Waals surface area contributed by atoms with Crippen LogP contribution in [0.2, 0.25) is 0 Å². The molecule has 0 unspecified atom stereocenters. The van der Waals surface area contributed by atoms with Gasteiger partial charge in [0, 0.05) is 78.6 Å². The Morgan fingerprint density at radius 3 is 0.500 bits per heavy atom. The maximum atomic E-state index is 1.83. The summed E-state index contributed by atoms with van der Waals surface area (Å²) in [6, 6.07) is 0. The Morgan fingerprint density at radius 1 is 0.250 bits per heavy atom. The third kappa shape index (κ3) is 4.59. The lowest BCUT2D eigenvalue weighted by molar-refractivity contribution is 5.59. The molecule has 48 valence electrons. The monoisotopic (exact) mass is 256 g/mol. The molecule has 0 bridgehead atoms. The quantitative estimate of drug-likeness (QED) is 0.536. The number of hydrogen-bond acceptors (Lipinski definition) is 8. The van der Waals surface area contributed by atoms with E-state index in [1.165, 1.54) is 0 Å². The van der Waals surface area contributed by atoms with Crippen LogP contribution in [-0.4, -0.2) is 0 Å². The first-order valence-electron chi connectivity index (χ1n) is 1.33. The summed E-state index contributed by atoms with van der Waals surface area (Å²) in [5, 5.41) is 0. The first-order chi connectivity index (χ1) is 4.00. The average Bonchev–Trinajstić information content (AvgIpc) is 1.62. The van der Waals surface area contributed by atoms with E-state index in [4.69, 9.17) is 0 Å². The molecule has 0 aliphatic carbocycles. The Hall–Kier alpha value is 2.80. The predicted molar refractivity (Wildman–Crippen MR) is 60.7 cm³/mol. The van der Waals surface area contributed by atoms with Crippen LogP contribution in [0.5, 0.6) is 0 Å². The minimum atomic E-state index is 1.83. The van der Waals surface area contributed by atoms with Crippen molar-refractivity contribution in [1.29, 1.82) is 0 Å². The van der Waals surface area contributed by atoms with Gasteiger partial charge < -0.3 is 0 Å². The largest absolute Gasteiger partial charge is 0 e. The second-order valence-corrected chi connectivity index (χ2v) is 14.7. The molecule has 0 amide bonds. The summed E-state index contributed by atoms with van der Waals surface area (Å²) in [6.07, 6.45) is 0. The highest BCUT2D eigenvalue weighted by atomic mass is 34.1. The van der Waals surface area contributed by atoms with Gasteiger partial charge in [0.1, 0.15) is 0 Å². The van der Waals surface area contributed by atoms with E-state index >= 15 is 0 Å². The highest BCUT2D eigenvalue weighted by Gasteiger charge is 2.00. The van der Waals surface area contributed by atoms with Crippen LogP contribution < -0.4 is 0 Å². The van der Waals surface area contributed by atoms with Gasteiger partial charge in [0.15, 0.2) is 0 Å². The lowest BCUT2D eigenvalue weighted by Gasteiger charge is -2.00. The minimum Gasteiger partial charge on any atom is 0 e. The molecule has 8 heavy (non-hydrogen) atoms. The van der Waals surface area contributed by atoms with Crippen LogP contribution in [-0.2, 0) is 0 Å². The van der Waals surface area contributed by atoms with Crippen molar-refractivity contribution in [3.8, 4) is 0 Å². The van der Waals surface area contributed by atoms with Crippen LogP contribution in [0.25, 0.3) is 0 Å². The Balaban J connectivity index is 2.00. The van der Waals surface area contributed by atoms with Crippen molar-refractivity contribution in [2.24, 2.45) is 0 Å². The summed E-state index contributed by atoms with van der Waals surface area (Å²) >= 11 is 0. The van der Waals surface area contributed by atoms with E-state index < -0.39 is 0 Å². The third-order valence-corrected chi connectivity index (χ3v) is 18.0. The molecule has 0 N–H and O–H groups in total. The van der Waals surface area contributed by atoms with Gasteiger partial charge in [-0.25, -0.2) is 0 Å². The first kappa shape index (κ1) is 8.89. The molecule has 0 saturated carbocycles. The fraction of sp³-hybridized carbons (Fsp3) is 0. The molecule has 0 atom stereocenters. The minimum absolute atomic E-state index is 1.83. The van der Waals surface area contributed by atoms with Crippen molar-refractivity contribution in [1.82, 2.24) is 0 Å². The zero-order valence-corrected chi connectivity index (χ0v) is 9.80. The summed E-state index contributed by atoms with van der Waals surface area (Å²) in [5.74, 6) is 0. The second kappa shape index (κ2) is 6.51. The second-order valence-electron chi connectivity index (χ2n) is 0.544. The van der Waals surface area contributed by atoms with Gasteiger partial charge >= 0.3 is 0 Å². The molecule has 0 aromatic heterocycles. The fourth-order valence-electron chi connectivity index (χ4n) is 0.0907. The van der Waals surface area contributed by atoms with E-state index in [-0.39, 0.29) is 0 Å². The van der Waals surface area contributed by atoms with Gasteiger partial charge in [-0.1, -0.05) is 0 Å². The van der Waals surface area contributed by atoms with Crippen LogP contribution in [0.3, 0.4) is 0 Å². The summed E-state index contributed by atoms with van der Waals surface area (Å²) in [5.41, 5.74) is 0. The van der Waals surface area contributed by atoms with Crippen molar-refractivity contribution in [2.75, 3.05) is 0 Å². The molecule has 1 aliphatic rings. The van der Waals surface area contributed by atoms with E-state index in [0.29, 0.717) is 0 Å². The topological polar surface area (TPSA) is 0 Å². The standard InChI is InChI=1S/S8/c1-2-4-6-8-7-5-3-1. The molecule has 0 radical (unpaired) electrons. The normalized spacial score (nSPS) is 24.0. The van der Waals surface area contributed by atoms with E-state index in [1.807, 2.05) is 78.6 Å². The molecule has 0 aromatic carbocycles. The highest BCUT2D eigenvalue weighted by Crippen LogP contribution is 2.65. The van der Waals surface area contributed by atoms with Crippen LogP contribution in [0.1, 0.15) is 0 Å². The Kier molecular flexibility index (Phi) is 7.23. The number of hydrogen-bond donors (Lipinski definition) is 0. The summed E-state index contributed by atoms with van der Waals surface area (Å²) < 4.78 is 0. The van der Waals surface area contributed by atoms with Gasteiger partial charge in [-0.05, 0) is 0 Å². The van der Waals surface area contributed by atoms with Crippen LogP contribution >= 0.6 is 78.6 Å². The molecular weight excluding hydrogens is 257 g/mol. The zero-order valence-electron chi connectivity index (χ0n) is 3.27. The Bertz CT molecular complexity index is 24.0. The van der Waals surface area contributed by atoms with Crippen molar-refractivity contribution in [3.05, 3.63) is 0 Å². The maximum absolute atomic E-state index is 1.83. The average molecular weight is 257 g/mol. The molecular formula is S8. The van der Waals surface area contributed by atoms with E-state index in [2.05, 4.69) is 0 Å². The smallest absolute Gasteiger partial charge is 0 e. The lowest BCUT2D eigenvalue weighted by Crippen LogP contribution is -1.35. The molecule has 1 saturated heterocycles. The fourth-order valence-corrected chi connectivity index (χ4v) is 22.0. The van der Waals surface area contributed by atoms with Gasteiger partial charge in [0.2, 0.25) is 0 Å². The van der Waals surface area contributed by atoms with Crippen molar-refractivity contribution >= 4 is 78.6 Å². The Morgan fingerprint density at radius 2 is 0.375 bits per heavy atom. The van der Waals surface area contributed by atoms with E-state index in [0.717, 1.165) is 0 Å². The molecule has 0 spiro atoms. The number of rotatable bonds is 0. The first-order valence-corrected chi connectivity index (χ1v) is 12.0.